The third kappa shape index (κ3) is 3.80. The van der Waals surface area contributed by atoms with Crippen LogP contribution in [0.3, 0.4) is 0 Å². The Morgan fingerprint density at radius 3 is 2.33 bits per heavy atom. The molecule has 2 aromatic carbocycles. The Kier molecular flexibility index (Phi) is 5.25. The average Bonchev–Trinajstić information content (AvgIpc) is 3.40. The fourth-order valence-electron chi connectivity index (χ4n) is 4.25. The van der Waals surface area contributed by atoms with Gasteiger partial charge in [0.1, 0.15) is 27.7 Å². The molecular formula is C25H21F2N3O2S. The van der Waals surface area contributed by atoms with Crippen molar-refractivity contribution in [2.24, 2.45) is 0 Å². The molecule has 5 nitrogen and oxygen atoms in total. The molecule has 2 amide bonds. The number of nitrogens with one attached hydrogen (secondary N) is 1. The van der Waals surface area contributed by atoms with Crippen LogP contribution in [0.2, 0.25) is 0 Å². The third-order valence-electron chi connectivity index (χ3n) is 6.14. The van der Waals surface area contributed by atoms with E-state index < -0.39 is 5.54 Å². The van der Waals surface area contributed by atoms with Crippen molar-refractivity contribution >= 4 is 33.4 Å². The van der Waals surface area contributed by atoms with Gasteiger partial charge >= 0.3 is 0 Å². The maximum atomic E-state index is 13.6. The van der Waals surface area contributed by atoms with E-state index in [0.717, 1.165) is 21.3 Å². The number of carbonyl (C=O) groups excluding carboxylic acids is 2. The van der Waals surface area contributed by atoms with Crippen LogP contribution in [0.5, 0.6) is 0 Å². The highest BCUT2D eigenvalue weighted by Gasteiger charge is 2.47. The van der Waals surface area contributed by atoms with E-state index in [9.17, 15) is 18.4 Å². The van der Waals surface area contributed by atoms with Crippen LogP contribution in [0.1, 0.15) is 28.5 Å². The average molecular weight is 466 g/mol. The van der Waals surface area contributed by atoms with E-state index in [2.05, 4.69) is 5.32 Å². The van der Waals surface area contributed by atoms with E-state index in [1.165, 1.54) is 35.6 Å². The predicted molar refractivity (Wildman–Crippen MR) is 123 cm³/mol. The first-order valence-corrected chi connectivity index (χ1v) is 11.4. The van der Waals surface area contributed by atoms with Crippen LogP contribution in [0, 0.1) is 11.6 Å². The maximum absolute atomic E-state index is 13.6. The molecule has 0 aliphatic carbocycles. The number of halogens is 2. The van der Waals surface area contributed by atoms with Crippen molar-refractivity contribution < 1.29 is 18.4 Å². The number of fused-ring (bicyclic) bond motifs is 3. The number of hydrogen-bond acceptors (Lipinski definition) is 3. The van der Waals surface area contributed by atoms with Gasteiger partial charge in [-0.1, -0.05) is 24.3 Å². The number of rotatable bonds is 5. The molecule has 1 atom stereocenters. The molecule has 1 aliphatic heterocycles. The molecule has 3 heterocycles. The van der Waals surface area contributed by atoms with Crippen molar-refractivity contribution in [2.45, 2.75) is 32.1 Å². The second-order valence-electron chi connectivity index (χ2n) is 8.40. The number of hydrogen-bond donors (Lipinski definition) is 1. The van der Waals surface area contributed by atoms with Gasteiger partial charge in [-0.15, -0.1) is 11.3 Å². The molecule has 1 N–H and O–H groups in total. The van der Waals surface area contributed by atoms with E-state index >= 15 is 0 Å². The SMILES string of the molecule is C[C@@]1(C(=O)NCc2ccc(F)cc2)Cn2c(cc3ccsc32)C(=O)N1Cc1ccc(F)cc1. The lowest BCUT2D eigenvalue weighted by molar-refractivity contribution is -0.133. The summed E-state index contributed by atoms with van der Waals surface area (Å²) in [5.74, 6) is -1.28. The summed E-state index contributed by atoms with van der Waals surface area (Å²) < 4.78 is 28.5. The highest BCUT2D eigenvalue weighted by Crippen LogP contribution is 2.35. The summed E-state index contributed by atoms with van der Waals surface area (Å²) >= 11 is 1.52. The molecule has 0 fully saturated rings. The van der Waals surface area contributed by atoms with Gasteiger partial charge in [-0.25, -0.2) is 8.78 Å². The molecule has 1 aliphatic rings. The largest absolute Gasteiger partial charge is 0.350 e. The molecule has 2 aromatic heterocycles. The first-order valence-electron chi connectivity index (χ1n) is 10.5. The molecule has 8 heteroatoms. The second-order valence-corrected chi connectivity index (χ2v) is 9.29. The van der Waals surface area contributed by atoms with E-state index in [1.807, 2.05) is 22.1 Å². The van der Waals surface area contributed by atoms with E-state index in [1.54, 1.807) is 36.1 Å². The minimum absolute atomic E-state index is 0.165. The fraction of sp³-hybridized carbons (Fsp3) is 0.200. The molecule has 0 bridgehead atoms. The molecule has 4 aromatic rings. The van der Waals surface area contributed by atoms with Gasteiger partial charge < -0.3 is 14.8 Å². The van der Waals surface area contributed by atoms with Crippen LogP contribution < -0.4 is 5.32 Å². The van der Waals surface area contributed by atoms with Gasteiger partial charge in [-0.2, -0.15) is 0 Å². The molecule has 0 spiro atoms. The van der Waals surface area contributed by atoms with Gasteiger partial charge in [0.05, 0.1) is 6.54 Å². The summed E-state index contributed by atoms with van der Waals surface area (Å²) in [4.78, 5) is 29.6. The fourth-order valence-corrected chi connectivity index (χ4v) is 5.15. The normalized spacial score (nSPS) is 17.9. The number of aromatic nitrogens is 1. The lowest BCUT2D eigenvalue weighted by Gasteiger charge is -2.44. The molecule has 33 heavy (non-hydrogen) atoms. The Bertz CT molecular complexity index is 1340. The lowest BCUT2D eigenvalue weighted by atomic mass is 9.93. The highest BCUT2D eigenvalue weighted by atomic mass is 32.1. The Balaban J connectivity index is 1.49. The number of thiophene rings is 1. The van der Waals surface area contributed by atoms with Gasteiger partial charge in [-0.05, 0) is 59.8 Å². The minimum Gasteiger partial charge on any atom is -0.350 e. The van der Waals surface area contributed by atoms with Crippen LogP contribution in [0.25, 0.3) is 10.2 Å². The zero-order valence-electron chi connectivity index (χ0n) is 17.8. The van der Waals surface area contributed by atoms with Crippen molar-refractivity contribution in [1.29, 1.82) is 0 Å². The van der Waals surface area contributed by atoms with Crippen molar-refractivity contribution in [2.75, 3.05) is 0 Å². The molecule has 168 valence electrons. The first-order chi connectivity index (χ1) is 15.8. The number of amides is 2. The number of nitrogens with zero attached hydrogens (tertiary/aromatic N) is 2. The van der Waals surface area contributed by atoms with Gasteiger partial charge in [-0.3, -0.25) is 9.59 Å². The van der Waals surface area contributed by atoms with Crippen molar-refractivity contribution in [3.8, 4) is 0 Å². The summed E-state index contributed by atoms with van der Waals surface area (Å²) in [5, 5.41) is 5.83. The minimum atomic E-state index is -1.19. The molecule has 0 saturated carbocycles. The molecule has 0 saturated heterocycles. The zero-order chi connectivity index (χ0) is 23.2. The van der Waals surface area contributed by atoms with E-state index in [0.29, 0.717) is 5.69 Å². The highest BCUT2D eigenvalue weighted by molar-refractivity contribution is 7.16. The van der Waals surface area contributed by atoms with Crippen molar-refractivity contribution in [3.63, 3.8) is 0 Å². The monoisotopic (exact) mass is 465 g/mol. The van der Waals surface area contributed by atoms with Crippen molar-refractivity contribution in [1.82, 2.24) is 14.8 Å². The van der Waals surface area contributed by atoms with Crippen LogP contribution in [0.15, 0.2) is 66.0 Å². The van der Waals surface area contributed by atoms with Crippen LogP contribution in [-0.2, 0) is 24.4 Å². The number of carbonyl (C=O) groups is 2. The lowest BCUT2D eigenvalue weighted by Crippen LogP contribution is -2.63. The van der Waals surface area contributed by atoms with Gasteiger partial charge in [0.15, 0.2) is 0 Å². The quantitative estimate of drug-likeness (QED) is 0.464. The second kappa shape index (κ2) is 8.12. The zero-order valence-corrected chi connectivity index (χ0v) is 18.7. The van der Waals surface area contributed by atoms with Gasteiger partial charge in [0, 0.05) is 18.5 Å². The van der Waals surface area contributed by atoms with E-state index in [4.69, 9.17) is 0 Å². The topological polar surface area (TPSA) is 54.3 Å². The standard InChI is InChI=1S/C25H21F2N3O2S/c1-25(24(32)28-13-16-2-6-19(26)7-3-16)15-29-21(12-18-10-11-33-23(18)29)22(31)30(25)14-17-4-8-20(27)9-5-17/h2-12H,13-15H2,1H3,(H,28,32)/t25-/m0/s1. The number of benzene rings is 2. The summed E-state index contributed by atoms with van der Waals surface area (Å²) in [6.45, 7) is 2.41. The third-order valence-corrected chi connectivity index (χ3v) is 7.09. The van der Waals surface area contributed by atoms with Gasteiger partial charge in [0.2, 0.25) is 5.91 Å². The Labute approximate surface area is 193 Å². The van der Waals surface area contributed by atoms with Crippen molar-refractivity contribution in [3.05, 3.63) is 94.5 Å². The van der Waals surface area contributed by atoms with Crippen LogP contribution >= 0.6 is 11.3 Å². The molecule has 0 radical (unpaired) electrons. The smallest absolute Gasteiger partial charge is 0.271 e. The van der Waals surface area contributed by atoms with E-state index in [-0.39, 0.29) is 43.1 Å². The summed E-state index contributed by atoms with van der Waals surface area (Å²) in [6, 6.07) is 15.6. The predicted octanol–water partition coefficient (Wildman–Crippen LogP) is 4.71. The molecular weight excluding hydrogens is 444 g/mol. The first kappa shape index (κ1) is 21.3. The Morgan fingerprint density at radius 2 is 1.67 bits per heavy atom. The summed E-state index contributed by atoms with van der Waals surface area (Å²) in [6.07, 6.45) is 0. The van der Waals surface area contributed by atoms with Crippen LogP contribution in [0.4, 0.5) is 8.78 Å². The molecule has 5 rings (SSSR count). The molecule has 0 unspecified atom stereocenters. The Morgan fingerprint density at radius 1 is 1.03 bits per heavy atom. The Hall–Kier alpha value is -3.52. The van der Waals surface area contributed by atoms with Gasteiger partial charge in [0.25, 0.3) is 5.91 Å². The van der Waals surface area contributed by atoms with Crippen LogP contribution in [-0.4, -0.2) is 26.8 Å². The maximum Gasteiger partial charge on any atom is 0.271 e. The summed E-state index contributed by atoms with van der Waals surface area (Å²) in [7, 11) is 0. The summed E-state index contributed by atoms with van der Waals surface area (Å²) in [5.41, 5.74) is 0.823.